The molecule has 1 aromatic carbocycles. The van der Waals surface area contributed by atoms with Crippen molar-refractivity contribution in [1.29, 1.82) is 0 Å². The van der Waals surface area contributed by atoms with Gasteiger partial charge in [-0.2, -0.15) is 0 Å². The molecule has 0 radical (unpaired) electrons. The number of aliphatic hydroxyl groups excluding tert-OH is 1. The van der Waals surface area contributed by atoms with Gasteiger partial charge in [0.15, 0.2) is 5.78 Å². The van der Waals surface area contributed by atoms with Gasteiger partial charge in [-0.25, -0.2) is 0 Å². The lowest BCUT2D eigenvalue weighted by atomic mass is 10.0. The normalized spacial score (nSPS) is 19.1. The van der Waals surface area contributed by atoms with Gasteiger partial charge in [-0.05, 0) is 19.1 Å². The van der Waals surface area contributed by atoms with Crippen molar-refractivity contribution in [3.63, 3.8) is 0 Å². The highest BCUT2D eigenvalue weighted by Crippen LogP contribution is 2.16. The molecule has 0 saturated heterocycles. The number of allylic oxidation sites excluding steroid dienone is 2. The zero-order valence-corrected chi connectivity index (χ0v) is 8.47. The van der Waals surface area contributed by atoms with Crippen molar-refractivity contribution < 1.29 is 9.90 Å². The molecule has 0 aliphatic heterocycles. The number of benzene rings is 1. The largest absolute Gasteiger partial charge is 0.385 e. The Kier molecular flexibility index (Phi) is 2.52. The number of aliphatic hydroxyl groups is 1. The monoisotopic (exact) mass is 200 g/mol. The number of carbonyl (C=O) groups excluding carboxylic acids is 1. The molecule has 15 heavy (non-hydrogen) atoms. The number of Topliss-reactive ketones (excluding diaryl/α,β-unsaturated/α-hetero) is 1. The van der Waals surface area contributed by atoms with Crippen LogP contribution in [0.1, 0.15) is 15.9 Å². The van der Waals surface area contributed by atoms with Gasteiger partial charge in [-0.3, -0.25) is 4.79 Å². The summed E-state index contributed by atoms with van der Waals surface area (Å²) in [5.74, 6) is -0.0356. The lowest BCUT2D eigenvalue weighted by molar-refractivity contribution is 0.103. The summed E-state index contributed by atoms with van der Waals surface area (Å²) in [4.78, 5) is 11.9. The first-order valence-corrected chi connectivity index (χ1v) is 4.86. The van der Waals surface area contributed by atoms with Crippen molar-refractivity contribution in [1.82, 2.24) is 0 Å². The van der Waals surface area contributed by atoms with E-state index >= 15 is 0 Å². The molecule has 0 fully saturated rings. The van der Waals surface area contributed by atoms with Crippen molar-refractivity contribution in [2.45, 2.75) is 13.0 Å². The Morgan fingerprint density at radius 2 is 2.20 bits per heavy atom. The molecule has 0 amide bonds. The van der Waals surface area contributed by atoms with Gasteiger partial charge in [-0.15, -0.1) is 0 Å². The average molecular weight is 200 g/mol. The van der Waals surface area contributed by atoms with E-state index in [-0.39, 0.29) is 5.78 Å². The van der Waals surface area contributed by atoms with Gasteiger partial charge < -0.3 is 5.11 Å². The third kappa shape index (κ3) is 2.05. The minimum Gasteiger partial charge on any atom is -0.385 e. The Labute approximate surface area is 88.6 Å². The number of hydrogen-bond donors (Lipinski definition) is 1. The minimum atomic E-state index is -0.617. The number of rotatable bonds is 2. The summed E-state index contributed by atoms with van der Waals surface area (Å²) in [7, 11) is 0. The standard InChI is InChI=1S/C13H12O2/c1-9-3-2-4-10(7-9)13(15)11-5-6-12(14)8-11/h2-8,12,14H,1H3. The first-order valence-electron chi connectivity index (χ1n) is 4.86. The van der Waals surface area contributed by atoms with Gasteiger partial charge in [0.05, 0.1) is 6.10 Å². The van der Waals surface area contributed by atoms with Crippen LogP contribution in [0.4, 0.5) is 0 Å². The fourth-order valence-corrected chi connectivity index (χ4v) is 1.60. The third-order valence-electron chi connectivity index (χ3n) is 2.37. The lowest BCUT2D eigenvalue weighted by Crippen LogP contribution is -2.01. The fraction of sp³-hybridized carbons (Fsp3) is 0.154. The van der Waals surface area contributed by atoms with E-state index in [4.69, 9.17) is 0 Å². The number of hydrogen-bond acceptors (Lipinski definition) is 2. The van der Waals surface area contributed by atoms with Crippen LogP contribution in [0.2, 0.25) is 0 Å². The molecule has 0 heterocycles. The molecule has 1 unspecified atom stereocenters. The summed E-state index contributed by atoms with van der Waals surface area (Å²) >= 11 is 0. The Bertz CT molecular complexity index is 455. The third-order valence-corrected chi connectivity index (χ3v) is 2.37. The van der Waals surface area contributed by atoms with Gasteiger partial charge in [0.1, 0.15) is 0 Å². The molecule has 1 aliphatic rings. The Morgan fingerprint density at radius 1 is 1.40 bits per heavy atom. The maximum absolute atomic E-state index is 11.9. The van der Waals surface area contributed by atoms with Crippen LogP contribution in [-0.4, -0.2) is 17.0 Å². The molecular formula is C13H12O2. The zero-order chi connectivity index (χ0) is 10.8. The molecule has 1 atom stereocenters. The Morgan fingerprint density at radius 3 is 2.80 bits per heavy atom. The summed E-state index contributed by atoms with van der Waals surface area (Å²) in [6.45, 7) is 1.95. The van der Waals surface area contributed by atoms with Crippen LogP contribution in [0.3, 0.4) is 0 Å². The van der Waals surface area contributed by atoms with Crippen LogP contribution in [-0.2, 0) is 0 Å². The zero-order valence-electron chi connectivity index (χ0n) is 8.47. The second-order valence-corrected chi connectivity index (χ2v) is 3.67. The predicted molar refractivity (Wildman–Crippen MR) is 58.7 cm³/mol. The second-order valence-electron chi connectivity index (χ2n) is 3.67. The first kappa shape index (κ1) is 9.87. The van der Waals surface area contributed by atoms with Crippen molar-refractivity contribution in [2.24, 2.45) is 0 Å². The Hall–Kier alpha value is -1.67. The van der Waals surface area contributed by atoms with E-state index in [0.29, 0.717) is 11.1 Å². The first-order chi connectivity index (χ1) is 7.16. The van der Waals surface area contributed by atoms with Gasteiger partial charge in [0.2, 0.25) is 0 Å². The highest BCUT2D eigenvalue weighted by atomic mass is 16.3. The number of aryl methyl sites for hydroxylation is 1. The molecule has 1 aliphatic carbocycles. The van der Waals surface area contributed by atoms with Crippen LogP contribution < -0.4 is 0 Å². The number of carbonyl (C=O) groups is 1. The van der Waals surface area contributed by atoms with E-state index in [1.165, 1.54) is 0 Å². The molecule has 76 valence electrons. The van der Waals surface area contributed by atoms with E-state index in [9.17, 15) is 9.90 Å². The Balaban J connectivity index is 2.30. The van der Waals surface area contributed by atoms with E-state index < -0.39 is 6.10 Å². The van der Waals surface area contributed by atoms with Gasteiger partial charge in [0.25, 0.3) is 0 Å². The topological polar surface area (TPSA) is 37.3 Å². The van der Waals surface area contributed by atoms with Gasteiger partial charge in [-0.1, -0.05) is 35.9 Å². The molecule has 1 aromatic rings. The van der Waals surface area contributed by atoms with Crippen molar-refractivity contribution >= 4 is 5.78 Å². The minimum absolute atomic E-state index is 0.0356. The van der Waals surface area contributed by atoms with Crippen LogP contribution in [0, 0.1) is 6.92 Å². The van der Waals surface area contributed by atoms with Gasteiger partial charge in [0, 0.05) is 11.1 Å². The molecule has 2 nitrogen and oxygen atoms in total. The molecule has 2 heteroatoms. The predicted octanol–water partition coefficient (Wildman–Crippen LogP) is 2.03. The van der Waals surface area contributed by atoms with E-state index in [1.54, 1.807) is 24.3 Å². The van der Waals surface area contributed by atoms with Crippen LogP contribution in [0.25, 0.3) is 0 Å². The van der Waals surface area contributed by atoms with E-state index in [1.807, 2.05) is 25.1 Å². The summed E-state index contributed by atoms with van der Waals surface area (Å²) in [5, 5.41) is 9.23. The second kappa shape index (κ2) is 3.83. The van der Waals surface area contributed by atoms with Crippen LogP contribution >= 0.6 is 0 Å². The quantitative estimate of drug-likeness (QED) is 0.742. The SMILES string of the molecule is Cc1cccc(C(=O)C2=CC(O)C=C2)c1. The maximum atomic E-state index is 11.9. The van der Waals surface area contributed by atoms with E-state index in [2.05, 4.69) is 0 Å². The summed E-state index contributed by atoms with van der Waals surface area (Å²) in [6.07, 6.45) is 4.21. The molecule has 0 spiro atoms. The lowest BCUT2D eigenvalue weighted by Gasteiger charge is -2.01. The van der Waals surface area contributed by atoms with Crippen molar-refractivity contribution in [3.8, 4) is 0 Å². The summed E-state index contributed by atoms with van der Waals surface area (Å²) < 4.78 is 0. The van der Waals surface area contributed by atoms with Crippen LogP contribution in [0.5, 0.6) is 0 Å². The molecule has 0 saturated carbocycles. The molecule has 1 N–H and O–H groups in total. The highest BCUT2D eigenvalue weighted by molar-refractivity contribution is 6.11. The smallest absolute Gasteiger partial charge is 0.192 e. The van der Waals surface area contributed by atoms with Crippen LogP contribution in [0.15, 0.2) is 48.1 Å². The number of ketones is 1. The summed E-state index contributed by atoms with van der Waals surface area (Å²) in [6, 6.07) is 7.44. The van der Waals surface area contributed by atoms with Gasteiger partial charge >= 0.3 is 0 Å². The van der Waals surface area contributed by atoms with Crippen molar-refractivity contribution in [2.75, 3.05) is 0 Å². The highest BCUT2D eigenvalue weighted by Gasteiger charge is 2.14. The molecule has 2 rings (SSSR count). The maximum Gasteiger partial charge on any atom is 0.192 e. The van der Waals surface area contributed by atoms with Crippen molar-refractivity contribution in [3.05, 3.63) is 59.2 Å². The average Bonchev–Trinajstić information content (AvgIpc) is 2.64. The van der Waals surface area contributed by atoms with E-state index in [0.717, 1.165) is 5.56 Å². The molecule has 0 bridgehead atoms. The summed E-state index contributed by atoms with van der Waals surface area (Å²) in [5.41, 5.74) is 2.29. The fourth-order valence-electron chi connectivity index (χ4n) is 1.60. The molecular weight excluding hydrogens is 188 g/mol. The molecule has 0 aromatic heterocycles.